The molecule has 94 valence electrons. The topological polar surface area (TPSA) is 15.3 Å². The number of likely N-dealkylation sites (tertiary alicyclic amines) is 1. The van der Waals surface area contributed by atoms with Crippen LogP contribution in [0.4, 0.5) is 0 Å². The zero-order chi connectivity index (χ0) is 11.6. The molecular weight excluding hydrogens is 196 g/mol. The second-order valence-electron chi connectivity index (χ2n) is 6.16. The van der Waals surface area contributed by atoms with Crippen LogP contribution in [0.3, 0.4) is 0 Å². The Morgan fingerprint density at radius 2 is 1.88 bits per heavy atom. The number of rotatable bonds is 6. The van der Waals surface area contributed by atoms with Crippen molar-refractivity contribution >= 4 is 0 Å². The molecule has 0 saturated carbocycles. The fourth-order valence-electron chi connectivity index (χ4n) is 3.35. The van der Waals surface area contributed by atoms with Gasteiger partial charge in [-0.05, 0) is 32.7 Å². The third kappa shape index (κ3) is 2.14. The summed E-state index contributed by atoms with van der Waals surface area (Å²) in [7, 11) is 0. The van der Waals surface area contributed by atoms with E-state index < -0.39 is 0 Å². The Morgan fingerprint density at radius 1 is 1.19 bits per heavy atom. The van der Waals surface area contributed by atoms with E-state index in [9.17, 15) is 0 Å². The van der Waals surface area contributed by atoms with Crippen molar-refractivity contribution in [2.24, 2.45) is 0 Å². The number of nitrogens with zero attached hydrogens (tertiary/aromatic N) is 1. The zero-order valence-electron chi connectivity index (χ0n) is 11.3. The fraction of sp³-hybridized carbons (Fsp3) is 1.00. The average molecular weight is 224 g/mol. The summed E-state index contributed by atoms with van der Waals surface area (Å²) in [5.41, 5.74) is 1.02. The van der Waals surface area contributed by atoms with Gasteiger partial charge in [0.25, 0.3) is 0 Å². The summed E-state index contributed by atoms with van der Waals surface area (Å²) in [6.45, 7) is 10.9. The van der Waals surface area contributed by atoms with Crippen molar-refractivity contribution < 1.29 is 0 Å². The Morgan fingerprint density at radius 3 is 2.31 bits per heavy atom. The molecule has 2 aliphatic rings. The van der Waals surface area contributed by atoms with Crippen molar-refractivity contribution in [1.29, 1.82) is 0 Å². The predicted octanol–water partition coefficient (Wildman–Crippen LogP) is 2.78. The molecule has 0 aromatic carbocycles. The van der Waals surface area contributed by atoms with Gasteiger partial charge in [-0.3, -0.25) is 4.90 Å². The monoisotopic (exact) mass is 224 g/mol. The Balaban J connectivity index is 1.87. The first-order valence-electron chi connectivity index (χ1n) is 7.14. The summed E-state index contributed by atoms with van der Waals surface area (Å²) in [5.74, 6) is 0. The lowest BCUT2D eigenvalue weighted by Gasteiger charge is -2.62. The molecule has 0 bridgehead atoms. The molecular formula is C14H28N2. The Kier molecular flexibility index (Phi) is 3.60. The highest BCUT2D eigenvalue weighted by atomic mass is 15.3. The van der Waals surface area contributed by atoms with Gasteiger partial charge >= 0.3 is 0 Å². The smallest absolute Gasteiger partial charge is 0.0449 e. The van der Waals surface area contributed by atoms with Crippen molar-refractivity contribution in [3.63, 3.8) is 0 Å². The summed E-state index contributed by atoms with van der Waals surface area (Å²) >= 11 is 0. The van der Waals surface area contributed by atoms with Gasteiger partial charge < -0.3 is 5.32 Å². The molecule has 2 rings (SSSR count). The maximum absolute atomic E-state index is 3.62. The SMILES string of the molecule is CCCCC(C)(CCC)N1CC2(CCN2)C1. The number of hydrogen-bond donors (Lipinski definition) is 1. The molecule has 16 heavy (non-hydrogen) atoms. The van der Waals surface area contributed by atoms with Crippen molar-refractivity contribution in [2.45, 2.75) is 70.4 Å². The molecule has 0 aliphatic carbocycles. The number of nitrogens with one attached hydrogen (secondary N) is 1. The molecule has 2 heterocycles. The van der Waals surface area contributed by atoms with Crippen LogP contribution < -0.4 is 5.32 Å². The van der Waals surface area contributed by atoms with Crippen molar-refractivity contribution in [3.8, 4) is 0 Å². The van der Waals surface area contributed by atoms with Gasteiger partial charge in [-0.1, -0.05) is 33.1 Å². The van der Waals surface area contributed by atoms with Crippen LogP contribution in [0.1, 0.15) is 59.3 Å². The summed E-state index contributed by atoms with van der Waals surface area (Å²) in [5, 5.41) is 3.62. The molecule has 2 saturated heterocycles. The first kappa shape index (κ1) is 12.4. The van der Waals surface area contributed by atoms with Crippen molar-refractivity contribution in [2.75, 3.05) is 19.6 Å². The van der Waals surface area contributed by atoms with Crippen LogP contribution in [0.2, 0.25) is 0 Å². The molecule has 0 radical (unpaired) electrons. The molecule has 1 N–H and O–H groups in total. The van der Waals surface area contributed by atoms with Gasteiger partial charge in [0, 0.05) is 24.2 Å². The third-order valence-corrected chi connectivity index (χ3v) is 4.71. The van der Waals surface area contributed by atoms with E-state index in [1.807, 2.05) is 0 Å². The fourth-order valence-corrected chi connectivity index (χ4v) is 3.35. The van der Waals surface area contributed by atoms with Crippen molar-refractivity contribution in [3.05, 3.63) is 0 Å². The van der Waals surface area contributed by atoms with Gasteiger partial charge in [0.2, 0.25) is 0 Å². The van der Waals surface area contributed by atoms with Crippen LogP contribution in [0.15, 0.2) is 0 Å². The van der Waals surface area contributed by atoms with Crippen LogP contribution in [0, 0.1) is 0 Å². The molecule has 1 unspecified atom stereocenters. The average Bonchev–Trinajstić information content (AvgIpc) is 2.10. The predicted molar refractivity (Wildman–Crippen MR) is 69.8 cm³/mol. The summed E-state index contributed by atoms with van der Waals surface area (Å²) in [6, 6.07) is 0. The lowest BCUT2D eigenvalue weighted by Crippen LogP contribution is -2.78. The first-order chi connectivity index (χ1) is 7.64. The molecule has 2 fully saturated rings. The molecule has 2 heteroatoms. The van der Waals surface area contributed by atoms with Crippen molar-refractivity contribution in [1.82, 2.24) is 10.2 Å². The lowest BCUT2D eigenvalue weighted by atomic mass is 9.75. The van der Waals surface area contributed by atoms with Gasteiger partial charge in [0.15, 0.2) is 0 Å². The van der Waals surface area contributed by atoms with Gasteiger partial charge in [-0.2, -0.15) is 0 Å². The summed E-state index contributed by atoms with van der Waals surface area (Å²) in [4.78, 5) is 2.73. The first-order valence-corrected chi connectivity index (χ1v) is 7.14. The van der Waals surface area contributed by atoms with Crippen LogP contribution >= 0.6 is 0 Å². The second-order valence-corrected chi connectivity index (χ2v) is 6.16. The molecule has 0 amide bonds. The highest BCUT2D eigenvalue weighted by Crippen LogP contribution is 2.39. The maximum atomic E-state index is 3.62. The minimum Gasteiger partial charge on any atom is -0.309 e. The van der Waals surface area contributed by atoms with Crippen LogP contribution in [-0.2, 0) is 0 Å². The summed E-state index contributed by atoms with van der Waals surface area (Å²) < 4.78 is 0. The van der Waals surface area contributed by atoms with Gasteiger partial charge in [-0.25, -0.2) is 0 Å². The second kappa shape index (κ2) is 4.66. The number of unbranched alkanes of at least 4 members (excludes halogenated alkanes) is 1. The normalized spacial score (nSPS) is 27.2. The maximum Gasteiger partial charge on any atom is 0.0449 e. The van der Waals surface area contributed by atoms with E-state index in [4.69, 9.17) is 0 Å². The molecule has 0 aromatic rings. The molecule has 2 aliphatic heterocycles. The third-order valence-electron chi connectivity index (χ3n) is 4.71. The Hall–Kier alpha value is -0.0800. The van der Waals surface area contributed by atoms with Crippen LogP contribution in [0.25, 0.3) is 0 Å². The summed E-state index contributed by atoms with van der Waals surface area (Å²) in [6.07, 6.45) is 8.18. The van der Waals surface area contributed by atoms with Crippen LogP contribution in [-0.4, -0.2) is 35.6 Å². The lowest BCUT2D eigenvalue weighted by molar-refractivity contribution is -0.0782. The standard InChI is InChI=1S/C14H28N2/c1-4-6-8-13(3,7-5-2)16-11-14(12-16)9-10-15-14/h15H,4-12H2,1-3H3. The van der Waals surface area contributed by atoms with E-state index in [2.05, 4.69) is 31.0 Å². The van der Waals surface area contributed by atoms with E-state index in [0.717, 1.165) is 0 Å². The number of hydrogen-bond acceptors (Lipinski definition) is 2. The minimum absolute atomic E-state index is 0.479. The Labute approximate surface area is 101 Å². The van der Waals surface area contributed by atoms with E-state index in [0.29, 0.717) is 11.1 Å². The van der Waals surface area contributed by atoms with Gasteiger partial charge in [0.1, 0.15) is 0 Å². The van der Waals surface area contributed by atoms with E-state index >= 15 is 0 Å². The molecule has 1 spiro atoms. The highest BCUT2D eigenvalue weighted by Gasteiger charge is 2.51. The van der Waals surface area contributed by atoms with Crippen LogP contribution in [0.5, 0.6) is 0 Å². The minimum atomic E-state index is 0.479. The highest BCUT2D eigenvalue weighted by molar-refractivity contribution is 5.12. The van der Waals surface area contributed by atoms with E-state index in [1.54, 1.807) is 0 Å². The molecule has 0 aromatic heterocycles. The van der Waals surface area contributed by atoms with E-state index in [-0.39, 0.29) is 0 Å². The zero-order valence-corrected chi connectivity index (χ0v) is 11.3. The largest absolute Gasteiger partial charge is 0.309 e. The van der Waals surface area contributed by atoms with E-state index in [1.165, 1.54) is 58.2 Å². The molecule has 2 nitrogen and oxygen atoms in total. The van der Waals surface area contributed by atoms with Gasteiger partial charge in [-0.15, -0.1) is 0 Å². The molecule has 1 atom stereocenters. The Bertz CT molecular complexity index is 227. The quantitative estimate of drug-likeness (QED) is 0.746. The van der Waals surface area contributed by atoms with Gasteiger partial charge in [0.05, 0.1) is 0 Å².